The van der Waals surface area contributed by atoms with Gasteiger partial charge in [0.15, 0.2) is 0 Å². The SMILES string of the molecule is O=C([C@@H]1CCCN1C(=O)CC(c1ccccc1)C1CC1)N1CCOCC1. The number of nitrogens with zero attached hydrogens (tertiary/aromatic N) is 2. The highest BCUT2D eigenvalue weighted by Gasteiger charge is 2.40. The van der Waals surface area contributed by atoms with E-state index in [2.05, 4.69) is 24.3 Å². The Morgan fingerprint density at radius 1 is 1.04 bits per heavy atom. The third kappa shape index (κ3) is 3.78. The van der Waals surface area contributed by atoms with Crippen LogP contribution in [0.25, 0.3) is 0 Å². The Morgan fingerprint density at radius 3 is 2.46 bits per heavy atom. The largest absolute Gasteiger partial charge is 0.378 e. The molecule has 3 aliphatic rings. The first-order valence-electron chi connectivity index (χ1n) is 9.95. The molecule has 2 heterocycles. The maximum Gasteiger partial charge on any atom is 0.245 e. The normalized spacial score (nSPS) is 24.5. The third-order valence-corrected chi connectivity index (χ3v) is 5.99. The summed E-state index contributed by atoms with van der Waals surface area (Å²) in [6.07, 6.45) is 4.67. The van der Waals surface area contributed by atoms with Crippen LogP contribution in [-0.2, 0) is 14.3 Å². The Balaban J connectivity index is 1.43. The molecule has 0 spiro atoms. The summed E-state index contributed by atoms with van der Waals surface area (Å²) in [6.45, 7) is 3.21. The fraction of sp³-hybridized carbons (Fsp3) is 0.619. The molecular weight excluding hydrogens is 328 g/mol. The molecule has 4 rings (SSSR count). The second-order valence-corrected chi connectivity index (χ2v) is 7.74. The van der Waals surface area contributed by atoms with Crippen molar-refractivity contribution in [1.82, 2.24) is 9.80 Å². The molecule has 140 valence electrons. The lowest BCUT2D eigenvalue weighted by molar-refractivity contribution is -0.146. The molecule has 2 aliphatic heterocycles. The van der Waals surface area contributed by atoms with Crippen molar-refractivity contribution in [3.05, 3.63) is 35.9 Å². The highest BCUT2D eigenvalue weighted by Crippen LogP contribution is 2.45. The Hall–Kier alpha value is -1.88. The summed E-state index contributed by atoms with van der Waals surface area (Å²) in [4.78, 5) is 29.7. The minimum absolute atomic E-state index is 0.113. The third-order valence-electron chi connectivity index (χ3n) is 5.99. The van der Waals surface area contributed by atoms with Crippen molar-refractivity contribution in [3.8, 4) is 0 Å². The van der Waals surface area contributed by atoms with Gasteiger partial charge in [0.05, 0.1) is 13.2 Å². The predicted molar refractivity (Wildman–Crippen MR) is 98.7 cm³/mol. The van der Waals surface area contributed by atoms with Gasteiger partial charge in [-0.25, -0.2) is 0 Å². The lowest BCUT2D eigenvalue weighted by Gasteiger charge is -2.33. The summed E-state index contributed by atoms with van der Waals surface area (Å²) in [5.41, 5.74) is 1.26. The monoisotopic (exact) mass is 356 g/mol. The minimum atomic E-state index is -0.267. The number of hydrogen-bond donors (Lipinski definition) is 0. The van der Waals surface area contributed by atoms with E-state index < -0.39 is 0 Å². The highest BCUT2D eigenvalue weighted by molar-refractivity contribution is 5.88. The van der Waals surface area contributed by atoms with E-state index in [1.54, 1.807) is 0 Å². The molecule has 2 amide bonds. The van der Waals surface area contributed by atoms with E-state index in [9.17, 15) is 9.59 Å². The molecule has 0 aromatic heterocycles. The Bertz CT molecular complexity index is 638. The van der Waals surface area contributed by atoms with E-state index >= 15 is 0 Å². The van der Waals surface area contributed by atoms with E-state index in [0.717, 1.165) is 12.8 Å². The van der Waals surface area contributed by atoms with Crippen molar-refractivity contribution in [2.24, 2.45) is 5.92 Å². The van der Waals surface area contributed by atoms with Crippen molar-refractivity contribution in [2.45, 2.75) is 44.1 Å². The van der Waals surface area contributed by atoms with Crippen LogP contribution in [0.2, 0.25) is 0 Å². The zero-order valence-corrected chi connectivity index (χ0v) is 15.3. The van der Waals surface area contributed by atoms with Crippen molar-refractivity contribution in [3.63, 3.8) is 0 Å². The van der Waals surface area contributed by atoms with Crippen LogP contribution in [0.5, 0.6) is 0 Å². The van der Waals surface area contributed by atoms with Crippen molar-refractivity contribution in [1.29, 1.82) is 0 Å². The first kappa shape index (κ1) is 17.5. The molecule has 5 heteroatoms. The average molecular weight is 356 g/mol. The lowest BCUT2D eigenvalue weighted by atomic mass is 9.90. The lowest BCUT2D eigenvalue weighted by Crippen LogP contribution is -2.51. The summed E-state index contributed by atoms with van der Waals surface area (Å²) in [5, 5.41) is 0. The van der Waals surface area contributed by atoms with Crippen molar-refractivity contribution in [2.75, 3.05) is 32.8 Å². The van der Waals surface area contributed by atoms with Crippen molar-refractivity contribution < 1.29 is 14.3 Å². The van der Waals surface area contributed by atoms with E-state index in [1.807, 2.05) is 15.9 Å². The average Bonchev–Trinajstić information content (AvgIpc) is 3.42. The summed E-state index contributed by atoms with van der Waals surface area (Å²) in [5.74, 6) is 1.18. The Morgan fingerprint density at radius 2 is 1.77 bits per heavy atom. The molecule has 1 aromatic carbocycles. The standard InChI is InChI=1S/C21H28N2O3/c24-20(15-18(17-8-9-17)16-5-2-1-3-6-16)23-10-4-7-19(23)21(25)22-11-13-26-14-12-22/h1-3,5-6,17-19H,4,7-15H2/t18?,19-/m0/s1. The van der Waals surface area contributed by atoms with E-state index in [1.165, 1.54) is 18.4 Å². The molecule has 3 fully saturated rings. The van der Waals surface area contributed by atoms with Gasteiger partial charge >= 0.3 is 0 Å². The maximum absolute atomic E-state index is 13.1. The van der Waals surface area contributed by atoms with Crippen LogP contribution >= 0.6 is 0 Å². The van der Waals surface area contributed by atoms with Gasteiger partial charge in [0.25, 0.3) is 0 Å². The van der Waals surface area contributed by atoms with Crippen LogP contribution in [0, 0.1) is 5.92 Å². The number of amides is 2. The molecule has 0 bridgehead atoms. The summed E-state index contributed by atoms with van der Waals surface area (Å²) >= 11 is 0. The molecule has 2 saturated heterocycles. The van der Waals surface area contributed by atoms with Crippen LogP contribution in [0.3, 0.4) is 0 Å². The van der Waals surface area contributed by atoms with Gasteiger partial charge in [0.2, 0.25) is 11.8 Å². The van der Waals surface area contributed by atoms with E-state index in [-0.39, 0.29) is 17.9 Å². The minimum Gasteiger partial charge on any atom is -0.378 e. The zero-order valence-electron chi connectivity index (χ0n) is 15.3. The first-order chi connectivity index (χ1) is 12.7. The van der Waals surface area contributed by atoms with Crippen LogP contribution in [0.4, 0.5) is 0 Å². The van der Waals surface area contributed by atoms with Crippen LogP contribution in [0.1, 0.15) is 43.6 Å². The smallest absolute Gasteiger partial charge is 0.245 e. The van der Waals surface area contributed by atoms with Gasteiger partial charge in [-0.15, -0.1) is 0 Å². The van der Waals surface area contributed by atoms with Gasteiger partial charge in [-0.2, -0.15) is 0 Å². The summed E-state index contributed by atoms with van der Waals surface area (Å²) < 4.78 is 5.35. The first-order valence-corrected chi connectivity index (χ1v) is 9.95. The van der Waals surface area contributed by atoms with Gasteiger partial charge in [-0.05, 0) is 43.1 Å². The second kappa shape index (κ2) is 7.78. The van der Waals surface area contributed by atoms with Gasteiger partial charge < -0.3 is 14.5 Å². The molecule has 1 aromatic rings. The predicted octanol–water partition coefficient (Wildman–Crippen LogP) is 2.42. The van der Waals surface area contributed by atoms with Crippen molar-refractivity contribution >= 4 is 11.8 Å². The molecular formula is C21H28N2O3. The van der Waals surface area contributed by atoms with E-state index in [4.69, 9.17) is 4.74 Å². The van der Waals surface area contributed by atoms with Gasteiger partial charge in [0.1, 0.15) is 6.04 Å². The number of hydrogen-bond acceptors (Lipinski definition) is 3. The molecule has 0 radical (unpaired) electrons. The highest BCUT2D eigenvalue weighted by atomic mass is 16.5. The Labute approximate surface area is 155 Å². The summed E-state index contributed by atoms with van der Waals surface area (Å²) in [7, 11) is 0. The second-order valence-electron chi connectivity index (χ2n) is 7.74. The van der Waals surface area contributed by atoms with Crippen LogP contribution in [0.15, 0.2) is 30.3 Å². The quantitative estimate of drug-likeness (QED) is 0.814. The number of rotatable bonds is 5. The molecule has 2 atom stereocenters. The molecule has 1 saturated carbocycles. The number of carbonyl (C=O) groups excluding carboxylic acids is 2. The number of morpholine rings is 1. The van der Waals surface area contributed by atoms with Gasteiger partial charge in [0, 0.05) is 26.1 Å². The fourth-order valence-electron chi connectivity index (χ4n) is 4.38. The summed E-state index contributed by atoms with van der Waals surface area (Å²) in [6, 6.07) is 10.1. The van der Waals surface area contributed by atoms with Crippen LogP contribution in [-0.4, -0.2) is 60.5 Å². The molecule has 1 aliphatic carbocycles. The number of likely N-dealkylation sites (tertiary alicyclic amines) is 1. The zero-order chi connectivity index (χ0) is 17.9. The molecule has 0 N–H and O–H groups in total. The molecule has 26 heavy (non-hydrogen) atoms. The molecule has 5 nitrogen and oxygen atoms in total. The number of ether oxygens (including phenoxy) is 1. The van der Waals surface area contributed by atoms with Gasteiger partial charge in [-0.3, -0.25) is 9.59 Å². The number of benzene rings is 1. The van der Waals surface area contributed by atoms with Gasteiger partial charge in [-0.1, -0.05) is 30.3 Å². The molecule has 1 unspecified atom stereocenters. The number of carbonyl (C=O) groups is 2. The Kier molecular flexibility index (Phi) is 5.25. The fourth-order valence-corrected chi connectivity index (χ4v) is 4.38. The maximum atomic E-state index is 13.1. The topological polar surface area (TPSA) is 49.9 Å². The van der Waals surface area contributed by atoms with Crippen LogP contribution < -0.4 is 0 Å². The van der Waals surface area contributed by atoms with E-state index in [0.29, 0.717) is 51.1 Å².